The number of piperidine rings is 1. The van der Waals surface area contributed by atoms with Crippen molar-refractivity contribution in [2.45, 2.75) is 44.8 Å². The van der Waals surface area contributed by atoms with Gasteiger partial charge in [-0.25, -0.2) is 18.3 Å². The molecule has 0 saturated carbocycles. The molecule has 1 amide bonds. The smallest absolute Gasteiger partial charge is 0.410 e. The third kappa shape index (κ3) is 3.97. The summed E-state index contributed by atoms with van der Waals surface area (Å²) in [5.74, 6) is 0. The van der Waals surface area contributed by atoms with Gasteiger partial charge < -0.3 is 9.64 Å². The average Bonchev–Trinajstić information content (AvgIpc) is 2.44. The molecule has 134 valence electrons. The molecule has 0 radical (unpaired) electrons. The fourth-order valence-electron chi connectivity index (χ4n) is 2.36. The number of hydrogen-bond acceptors (Lipinski definition) is 4. The van der Waals surface area contributed by atoms with E-state index in [1.54, 1.807) is 20.8 Å². The number of ether oxygens (including phenoxy) is 1. The van der Waals surface area contributed by atoms with E-state index in [2.05, 4.69) is 5.10 Å². The van der Waals surface area contributed by atoms with Crippen molar-refractivity contribution in [2.75, 3.05) is 13.1 Å². The Morgan fingerprint density at radius 3 is 2.33 bits per heavy atom. The van der Waals surface area contributed by atoms with Crippen LogP contribution >= 0.6 is 23.2 Å². The highest BCUT2D eigenvalue weighted by molar-refractivity contribution is 6.41. The zero-order chi connectivity index (χ0) is 18.2. The first-order valence-corrected chi connectivity index (χ1v) is 7.95. The maximum atomic E-state index is 14.5. The minimum atomic E-state index is -1.86. The van der Waals surface area contributed by atoms with Gasteiger partial charge in [-0.2, -0.15) is 5.10 Å². The average molecular weight is 384 g/mol. The van der Waals surface area contributed by atoms with Crippen LogP contribution in [0.5, 0.6) is 0 Å². The van der Waals surface area contributed by atoms with E-state index in [0.717, 1.165) is 11.1 Å². The summed E-state index contributed by atoms with van der Waals surface area (Å²) in [5, 5.41) is 3.20. The standard InChI is InChI=1S/C14H17Cl2F2N3O3/c1-14(2,3)24-13(23)20-5-8(17)11(9(18)6-20)21-12(22)10(16)7(15)4-19-21/h4,8-9,11H,5-6H2,1-3H3/t8-,9-/m0/s1. The lowest BCUT2D eigenvalue weighted by Gasteiger charge is -2.37. The fraction of sp³-hybridized carbons (Fsp3) is 0.643. The highest BCUT2D eigenvalue weighted by Gasteiger charge is 2.43. The summed E-state index contributed by atoms with van der Waals surface area (Å²) in [6, 6.07) is -1.49. The van der Waals surface area contributed by atoms with Crippen molar-refractivity contribution in [2.24, 2.45) is 0 Å². The second kappa shape index (κ2) is 6.84. The molecule has 1 aromatic rings. The Bertz CT molecular complexity index is 681. The van der Waals surface area contributed by atoms with Gasteiger partial charge in [-0.1, -0.05) is 23.2 Å². The second-order valence-electron chi connectivity index (χ2n) is 6.46. The van der Waals surface area contributed by atoms with Gasteiger partial charge in [0.15, 0.2) is 0 Å². The molecule has 1 aliphatic rings. The maximum Gasteiger partial charge on any atom is 0.410 e. The normalized spacial score (nSPS) is 22.5. The van der Waals surface area contributed by atoms with Gasteiger partial charge in [0.25, 0.3) is 5.56 Å². The van der Waals surface area contributed by atoms with Gasteiger partial charge in [0.2, 0.25) is 0 Å². The van der Waals surface area contributed by atoms with E-state index in [1.165, 1.54) is 0 Å². The minimum absolute atomic E-state index is 0.102. The molecule has 1 fully saturated rings. The molecular formula is C14H17Cl2F2N3O3. The van der Waals surface area contributed by atoms with Crippen LogP contribution in [0.4, 0.5) is 13.6 Å². The van der Waals surface area contributed by atoms with E-state index in [9.17, 15) is 18.4 Å². The Kier molecular flexibility index (Phi) is 5.39. The van der Waals surface area contributed by atoms with E-state index < -0.39 is 48.7 Å². The van der Waals surface area contributed by atoms with Gasteiger partial charge in [-0.3, -0.25) is 4.79 Å². The van der Waals surface area contributed by atoms with Crippen molar-refractivity contribution in [3.05, 3.63) is 26.6 Å². The highest BCUT2D eigenvalue weighted by Crippen LogP contribution is 2.28. The molecule has 0 spiro atoms. The summed E-state index contributed by atoms with van der Waals surface area (Å²) in [6.45, 7) is 4.10. The predicted molar refractivity (Wildman–Crippen MR) is 85.2 cm³/mol. The Labute approximate surface area is 147 Å². The van der Waals surface area contributed by atoms with E-state index >= 15 is 0 Å². The number of hydrogen-bond donors (Lipinski definition) is 0. The van der Waals surface area contributed by atoms with Crippen molar-refractivity contribution in [3.8, 4) is 0 Å². The monoisotopic (exact) mass is 383 g/mol. The first-order chi connectivity index (χ1) is 11.0. The molecule has 1 aliphatic heterocycles. The number of likely N-dealkylation sites (tertiary alicyclic amines) is 1. The quantitative estimate of drug-likeness (QED) is 0.747. The number of rotatable bonds is 1. The maximum absolute atomic E-state index is 14.5. The van der Waals surface area contributed by atoms with E-state index in [-0.39, 0.29) is 10.0 Å². The van der Waals surface area contributed by atoms with Crippen molar-refractivity contribution < 1.29 is 18.3 Å². The number of nitrogens with zero attached hydrogens (tertiary/aromatic N) is 3. The van der Waals surface area contributed by atoms with Crippen LogP contribution in [-0.4, -0.2) is 51.8 Å². The lowest BCUT2D eigenvalue weighted by atomic mass is 10.0. The Balaban J connectivity index is 2.22. The summed E-state index contributed by atoms with van der Waals surface area (Å²) < 4.78 is 34.7. The number of aromatic nitrogens is 2. The Hall–Kier alpha value is -1.41. The van der Waals surface area contributed by atoms with Crippen LogP contribution in [0.2, 0.25) is 10.0 Å². The molecule has 0 bridgehead atoms. The molecule has 0 unspecified atom stereocenters. The van der Waals surface area contributed by atoms with Crippen LogP contribution in [0.1, 0.15) is 26.8 Å². The van der Waals surface area contributed by atoms with Crippen LogP contribution in [0, 0.1) is 0 Å². The third-order valence-electron chi connectivity index (χ3n) is 3.37. The topological polar surface area (TPSA) is 64.4 Å². The zero-order valence-corrected chi connectivity index (χ0v) is 14.8. The van der Waals surface area contributed by atoms with Crippen LogP contribution in [0.3, 0.4) is 0 Å². The predicted octanol–water partition coefficient (Wildman–Crippen LogP) is 3.02. The van der Waals surface area contributed by atoms with Gasteiger partial charge in [0.1, 0.15) is 29.0 Å². The largest absolute Gasteiger partial charge is 0.444 e. The Morgan fingerprint density at radius 1 is 1.29 bits per heavy atom. The number of carbonyl (C=O) groups excluding carboxylic acids is 1. The molecule has 0 aromatic carbocycles. The molecule has 2 atom stereocenters. The van der Waals surface area contributed by atoms with E-state index in [4.69, 9.17) is 27.9 Å². The van der Waals surface area contributed by atoms with Crippen molar-refractivity contribution in [1.29, 1.82) is 0 Å². The number of alkyl halides is 2. The summed E-state index contributed by atoms with van der Waals surface area (Å²) in [6.07, 6.45) is -3.49. The minimum Gasteiger partial charge on any atom is -0.444 e. The molecule has 2 rings (SSSR count). The van der Waals surface area contributed by atoms with E-state index in [1.807, 2.05) is 0 Å². The van der Waals surface area contributed by atoms with Gasteiger partial charge in [0.05, 0.1) is 24.3 Å². The molecule has 6 nitrogen and oxygen atoms in total. The number of amides is 1. The fourth-order valence-corrected chi connectivity index (χ4v) is 2.62. The number of carbonyl (C=O) groups is 1. The molecule has 24 heavy (non-hydrogen) atoms. The molecule has 0 aliphatic carbocycles. The lowest BCUT2D eigenvalue weighted by Crippen LogP contribution is -2.54. The first kappa shape index (κ1) is 18.9. The molecule has 1 saturated heterocycles. The van der Waals surface area contributed by atoms with Crippen LogP contribution in [-0.2, 0) is 4.74 Å². The second-order valence-corrected chi connectivity index (χ2v) is 7.25. The van der Waals surface area contributed by atoms with E-state index in [0.29, 0.717) is 4.68 Å². The van der Waals surface area contributed by atoms with Crippen LogP contribution in [0.25, 0.3) is 0 Å². The molecule has 10 heteroatoms. The molecule has 2 heterocycles. The summed E-state index contributed by atoms with van der Waals surface area (Å²) >= 11 is 11.4. The van der Waals surface area contributed by atoms with Crippen molar-refractivity contribution in [3.63, 3.8) is 0 Å². The lowest BCUT2D eigenvalue weighted by molar-refractivity contribution is -0.0172. The Morgan fingerprint density at radius 2 is 1.83 bits per heavy atom. The van der Waals surface area contributed by atoms with Crippen molar-refractivity contribution in [1.82, 2.24) is 14.7 Å². The molecular weight excluding hydrogens is 367 g/mol. The highest BCUT2D eigenvalue weighted by atomic mass is 35.5. The summed E-state index contributed by atoms with van der Waals surface area (Å²) in [5.41, 5.74) is -1.67. The third-order valence-corrected chi connectivity index (χ3v) is 4.11. The SMILES string of the molecule is CC(C)(C)OC(=O)N1C[C@H](F)C(n2ncc(Cl)c(Cl)c2=O)[C@@H](F)C1. The number of halogens is 4. The van der Waals surface area contributed by atoms with Gasteiger partial charge in [-0.05, 0) is 20.8 Å². The van der Waals surface area contributed by atoms with Gasteiger partial charge in [0, 0.05) is 0 Å². The van der Waals surface area contributed by atoms with Gasteiger partial charge in [-0.15, -0.1) is 0 Å². The first-order valence-electron chi connectivity index (χ1n) is 7.20. The molecule has 0 N–H and O–H groups in total. The van der Waals surface area contributed by atoms with Crippen LogP contribution in [0.15, 0.2) is 11.0 Å². The summed E-state index contributed by atoms with van der Waals surface area (Å²) in [4.78, 5) is 24.9. The molecule has 1 aromatic heterocycles. The van der Waals surface area contributed by atoms with Crippen molar-refractivity contribution >= 4 is 29.3 Å². The van der Waals surface area contributed by atoms with Crippen LogP contribution < -0.4 is 5.56 Å². The summed E-state index contributed by atoms with van der Waals surface area (Å²) in [7, 11) is 0. The zero-order valence-electron chi connectivity index (χ0n) is 13.3. The van der Waals surface area contributed by atoms with Gasteiger partial charge >= 0.3 is 6.09 Å².